The normalized spacial score (nSPS) is 13.8. The lowest BCUT2D eigenvalue weighted by molar-refractivity contribution is 0.322. The fourth-order valence-electron chi connectivity index (χ4n) is 3.40. The number of hydrogen-bond acceptors (Lipinski definition) is 6. The molecule has 0 bridgehead atoms. The van der Waals surface area contributed by atoms with Crippen molar-refractivity contribution in [2.45, 2.75) is 30.8 Å². The largest absolute Gasteiger partial charge is 0.497 e. The average Bonchev–Trinajstić information content (AvgIpc) is 3.05. The SMILES string of the molecule is COc1cccc(-n2c(SCCO)nc3sc4c(c3c2=O)CCCC4)c1. The Labute approximate surface area is 159 Å². The number of aliphatic hydroxyl groups is 1. The van der Waals surface area contributed by atoms with E-state index in [1.165, 1.54) is 28.6 Å². The minimum absolute atomic E-state index is 0.0249. The zero-order chi connectivity index (χ0) is 18.1. The van der Waals surface area contributed by atoms with Gasteiger partial charge in [-0.05, 0) is 43.4 Å². The lowest BCUT2D eigenvalue weighted by Crippen LogP contribution is -2.22. The highest BCUT2D eigenvalue weighted by Crippen LogP contribution is 2.35. The van der Waals surface area contributed by atoms with Crippen LogP contribution in [0.2, 0.25) is 0 Å². The lowest BCUT2D eigenvalue weighted by Gasteiger charge is -2.14. The summed E-state index contributed by atoms with van der Waals surface area (Å²) in [5.74, 6) is 1.19. The van der Waals surface area contributed by atoms with Gasteiger partial charge in [-0.2, -0.15) is 0 Å². The number of aromatic nitrogens is 2. The predicted octanol–water partition coefficient (Wildman–Crippen LogP) is 3.42. The summed E-state index contributed by atoms with van der Waals surface area (Å²) in [6.07, 6.45) is 4.29. The number of methoxy groups -OCH3 is 1. The van der Waals surface area contributed by atoms with Crippen LogP contribution in [0.5, 0.6) is 5.75 Å². The fourth-order valence-corrected chi connectivity index (χ4v) is 5.45. The molecule has 1 aliphatic rings. The van der Waals surface area contributed by atoms with E-state index in [9.17, 15) is 9.90 Å². The van der Waals surface area contributed by atoms with Gasteiger partial charge in [-0.1, -0.05) is 17.8 Å². The van der Waals surface area contributed by atoms with Crippen LogP contribution in [-0.2, 0) is 12.8 Å². The molecule has 2 heterocycles. The van der Waals surface area contributed by atoms with E-state index in [-0.39, 0.29) is 12.2 Å². The van der Waals surface area contributed by atoms with Crippen molar-refractivity contribution in [2.24, 2.45) is 0 Å². The minimum Gasteiger partial charge on any atom is -0.497 e. The summed E-state index contributed by atoms with van der Waals surface area (Å²) in [7, 11) is 1.61. The number of fused-ring (bicyclic) bond motifs is 3. The number of rotatable bonds is 5. The highest BCUT2D eigenvalue weighted by molar-refractivity contribution is 7.99. The van der Waals surface area contributed by atoms with E-state index >= 15 is 0 Å². The first kappa shape index (κ1) is 17.6. The van der Waals surface area contributed by atoms with Gasteiger partial charge >= 0.3 is 0 Å². The number of nitrogens with zero attached hydrogens (tertiary/aromatic N) is 2. The highest BCUT2D eigenvalue weighted by atomic mass is 32.2. The first-order valence-corrected chi connectivity index (χ1v) is 10.5. The lowest BCUT2D eigenvalue weighted by atomic mass is 9.97. The van der Waals surface area contributed by atoms with Crippen LogP contribution in [-0.4, -0.2) is 34.1 Å². The van der Waals surface area contributed by atoms with Crippen molar-refractivity contribution in [3.05, 3.63) is 45.1 Å². The Kier molecular flexibility index (Phi) is 5.02. The third kappa shape index (κ3) is 3.04. The smallest absolute Gasteiger partial charge is 0.267 e. The second-order valence-corrected chi connectivity index (χ2v) is 8.35. The van der Waals surface area contributed by atoms with Crippen molar-refractivity contribution in [1.82, 2.24) is 9.55 Å². The molecular formula is C19H20N2O3S2. The number of benzene rings is 1. The second-order valence-electron chi connectivity index (χ2n) is 6.20. The molecule has 5 nitrogen and oxygen atoms in total. The summed E-state index contributed by atoms with van der Waals surface area (Å²) in [4.78, 5) is 20.4. The van der Waals surface area contributed by atoms with Crippen molar-refractivity contribution < 1.29 is 9.84 Å². The Morgan fingerprint density at radius 1 is 1.35 bits per heavy atom. The topological polar surface area (TPSA) is 64.3 Å². The Morgan fingerprint density at radius 3 is 3.00 bits per heavy atom. The van der Waals surface area contributed by atoms with Crippen LogP contribution in [0.1, 0.15) is 23.3 Å². The van der Waals surface area contributed by atoms with Gasteiger partial charge in [0.2, 0.25) is 0 Å². The number of hydrogen-bond donors (Lipinski definition) is 1. The van der Waals surface area contributed by atoms with E-state index in [4.69, 9.17) is 9.72 Å². The van der Waals surface area contributed by atoms with Gasteiger partial charge < -0.3 is 9.84 Å². The maximum Gasteiger partial charge on any atom is 0.267 e. The van der Waals surface area contributed by atoms with Crippen molar-refractivity contribution in [3.8, 4) is 11.4 Å². The van der Waals surface area contributed by atoms with E-state index in [0.717, 1.165) is 35.2 Å². The molecule has 0 amide bonds. The molecule has 26 heavy (non-hydrogen) atoms. The number of thioether (sulfide) groups is 1. The maximum absolute atomic E-state index is 13.5. The Bertz CT molecular complexity index is 1010. The summed E-state index contributed by atoms with van der Waals surface area (Å²) in [5.41, 5.74) is 1.90. The molecule has 4 rings (SSSR count). The zero-order valence-electron chi connectivity index (χ0n) is 14.5. The molecule has 2 aromatic heterocycles. The number of aryl methyl sites for hydroxylation is 2. The van der Waals surface area contributed by atoms with Gasteiger partial charge in [0.1, 0.15) is 10.6 Å². The number of ether oxygens (including phenoxy) is 1. The first-order chi connectivity index (χ1) is 12.7. The van der Waals surface area contributed by atoms with Crippen molar-refractivity contribution in [2.75, 3.05) is 19.5 Å². The highest BCUT2D eigenvalue weighted by Gasteiger charge is 2.22. The van der Waals surface area contributed by atoms with Gasteiger partial charge in [0.05, 0.1) is 24.8 Å². The van der Waals surface area contributed by atoms with E-state index in [0.29, 0.717) is 16.7 Å². The van der Waals surface area contributed by atoms with Crippen LogP contribution >= 0.6 is 23.1 Å². The second kappa shape index (κ2) is 7.42. The van der Waals surface area contributed by atoms with Crippen LogP contribution in [0.15, 0.2) is 34.2 Å². The van der Waals surface area contributed by atoms with Gasteiger partial charge in [0.15, 0.2) is 5.16 Å². The van der Waals surface area contributed by atoms with E-state index in [1.54, 1.807) is 23.0 Å². The molecule has 1 aliphatic carbocycles. The van der Waals surface area contributed by atoms with Crippen LogP contribution in [0.3, 0.4) is 0 Å². The third-order valence-electron chi connectivity index (χ3n) is 4.59. The van der Waals surface area contributed by atoms with Crippen molar-refractivity contribution in [1.29, 1.82) is 0 Å². The molecule has 0 atom stereocenters. The summed E-state index contributed by atoms with van der Waals surface area (Å²) >= 11 is 3.05. The molecular weight excluding hydrogens is 368 g/mol. The predicted molar refractivity (Wildman–Crippen MR) is 106 cm³/mol. The average molecular weight is 389 g/mol. The van der Waals surface area contributed by atoms with Crippen LogP contribution in [0.25, 0.3) is 15.9 Å². The standard InChI is InChI=1S/C19H20N2O3S2/c1-24-13-6-4-5-12(11-13)21-18(23)16-14-7-2-3-8-15(14)26-17(16)20-19(21)25-10-9-22/h4-6,11,22H,2-3,7-10H2,1H3. The third-order valence-corrected chi connectivity index (χ3v) is 6.70. The summed E-state index contributed by atoms with van der Waals surface area (Å²) in [6, 6.07) is 7.46. The Balaban J connectivity index is 1.98. The van der Waals surface area contributed by atoms with Gasteiger partial charge in [-0.3, -0.25) is 9.36 Å². The summed E-state index contributed by atoms with van der Waals surface area (Å²) in [5, 5.41) is 10.6. The van der Waals surface area contributed by atoms with Gasteiger partial charge in [0.25, 0.3) is 5.56 Å². The van der Waals surface area contributed by atoms with Gasteiger partial charge in [-0.15, -0.1) is 11.3 Å². The molecule has 0 saturated carbocycles. The Hall–Kier alpha value is -1.83. The monoisotopic (exact) mass is 388 g/mol. The molecule has 0 aliphatic heterocycles. The molecule has 0 fully saturated rings. The zero-order valence-corrected chi connectivity index (χ0v) is 16.2. The molecule has 1 aromatic carbocycles. The molecule has 136 valence electrons. The molecule has 7 heteroatoms. The molecule has 1 N–H and O–H groups in total. The van der Waals surface area contributed by atoms with Crippen LogP contribution < -0.4 is 10.3 Å². The van der Waals surface area contributed by atoms with Gasteiger partial charge in [0, 0.05) is 16.7 Å². The summed E-state index contributed by atoms with van der Waals surface area (Å²) < 4.78 is 6.98. The molecule has 3 aromatic rings. The minimum atomic E-state index is -0.0249. The fraction of sp³-hybridized carbons (Fsp3) is 0.368. The molecule has 0 unspecified atom stereocenters. The first-order valence-electron chi connectivity index (χ1n) is 8.68. The molecule has 0 saturated heterocycles. The van der Waals surface area contributed by atoms with E-state index < -0.39 is 0 Å². The van der Waals surface area contributed by atoms with Crippen molar-refractivity contribution in [3.63, 3.8) is 0 Å². The number of aliphatic hydroxyl groups excluding tert-OH is 1. The quantitative estimate of drug-likeness (QED) is 0.536. The summed E-state index contributed by atoms with van der Waals surface area (Å²) in [6.45, 7) is 0.0393. The van der Waals surface area contributed by atoms with Crippen LogP contribution in [0, 0.1) is 0 Å². The number of thiophene rings is 1. The van der Waals surface area contributed by atoms with E-state index in [2.05, 4.69) is 0 Å². The van der Waals surface area contributed by atoms with E-state index in [1.807, 2.05) is 24.3 Å². The molecule has 0 spiro atoms. The maximum atomic E-state index is 13.5. The van der Waals surface area contributed by atoms with Crippen molar-refractivity contribution >= 4 is 33.3 Å². The Morgan fingerprint density at radius 2 is 2.19 bits per heavy atom. The molecule has 0 radical (unpaired) electrons. The van der Waals surface area contributed by atoms with Crippen LogP contribution in [0.4, 0.5) is 0 Å². The van der Waals surface area contributed by atoms with Gasteiger partial charge in [-0.25, -0.2) is 4.98 Å².